The lowest BCUT2D eigenvalue weighted by atomic mass is 10.1. The van der Waals surface area contributed by atoms with Crippen molar-refractivity contribution in [3.63, 3.8) is 0 Å². The summed E-state index contributed by atoms with van der Waals surface area (Å²) in [6.07, 6.45) is 1.32. The Hall–Kier alpha value is -2.05. The summed E-state index contributed by atoms with van der Waals surface area (Å²) in [4.78, 5) is 27.8. The molecule has 0 aliphatic rings. The summed E-state index contributed by atoms with van der Waals surface area (Å²) in [6.45, 7) is 9.97. The molecule has 0 bridgehead atoms. The van der Waals surface area contributed by atoms with Gasteiger partial charge in [0.15, 0.2) is 6.61 Å². The number of hydrogen-bond donors (Lipinski definition) is 1. The maximum absolute atomic E-state index is 13.3. The molecule has 0 aliphatic heterocycles. The van der Waals surface area contributed by atoms with Crippen molar-refractivity contribution < 1.29 is 14.3 Å². The number of carbonyl (C=O) groups is 2. The van der Waals surface area contributed by atoms with Gasteiger partial charge in [-0.3, -0.25) is 9.59 Å². The molecule has 32 heavy (non-hydrogen) atoms. The Labute approximate surface area is 204 Å². The molecule has 2 aromatic rings. The monoisotopic (exact) mass is 522 g/mol. The molecule has 0 radical (unpaired) electrons. The van der Waals surface area contributed by atoms with Gasteiger partial charge in [0.2, 0.25) is 5.91 Å². The van der Waals surface area contributed by atoms with Crippen molar-refractivity contribution in [3.8, 4) is 5.75 Å². The first-order chi connectivity index (χ1) is 15.2. The summed E-state index contributed by atoms with van der Waals surface area (Å²) < 4.78 is 6.86. The first-order valence-electron chi connectivity index (χ1n) is 10.9. The van der Waals surface area contributed by atoms with Crippen LogP contribution in [0.25, 0.3) is 0 Å². The first-order valence-corrected chi connectivity index (χ1v) is 12.1. The van der Waals surface area contributed by atoms with Crippen molar-refractivity contribution in [2.75, 3.05) is 6.61 Å². The molecule has 0 heterocycles. The van der Waals surface area contributed by atoms with Gasteiger partial charge in [-0.15, -0.1) is 0 Å². The van der Waals surface area contributed by atoms with E-state index < -0.39 is 6.04 Å². The van der Waals surface area contributed by atoms with E-state index in [0.29, 0.717) is 23.7 Å². The second-order valence-electron chi connectivity index (χ2n) is 8.05. The van der Waals surface area contributed by atoms with Crippen molar-refractivity contribution >= 4 is 39.3 Å². The normalized spacial score (nSPS) is 12.7. The molecule has 0 unspecified atom stereocenters. The zero-order chi connectivity index (χ0) is 23.8. The van der Waals surface area contributed by atoms with E-state index in [0.717, 1.165) is 27.6 Å². The van der Waals surface area contributed by atoms with Crippen LogP contribution >= 0.6 is 27.5 Å². The third kappa shape index (κ3) is 7.24. The van der Waals surface area contributed by atoms with Crippen LogP contribution in [0.3, 0.4) is 0 Å². The lowest BCUT2D eigenvalue weighted by molar-refractivity contribution is -0.143. The molecule has 0 saturated heterocycles. The van der Waals surface area contributed by atoms with Crippen molar-refractivity contribution in [2.24, 2.45) is 0 Å². The van der Waals surface area contributed by atoms with Gasteiger partial charge in [-0.2, -0.15) is 0 Å². The Morgan fingerprint density at radius 1 is 1.09 bits per heavy atom. The SMILES string of the molecule is CC[C@H](C(=O)N[C@@H](C)CC)N(Cc1ccc(Cl)cc1)C(=O)COc1cc(C)c(Br)c(C)c1. The van der Waals surface area contributed by atoms with Gasteiger partial charge in [0.05, 0.1) is 0 Å². The van der Waals surface area contributed by atoms with Gasteiger partial charge in [-0.25, -0.2) is 0 Å². The van der Waals surface area contributed by atoms with Crippen LogP contribution in [0.5, 0.6) is 5.75 Å². The van der Waals surface area contributed by atoms with E-state index in [1.54, 1.807) is 17.0 Å². The quantitative estimate of drug-likeness (QED) is 0.427. The number of nitrogens with one attached hydrogen (secondary N) is 1. The molecule has 2 rings (SSSR count). The fraction of sp³-hybridized carbons (Fsp3) is 0.440. The van der Waals surface area contributed by atoms with Crippen LogP contribution in [-0.2, 0) is 16.1 Å². The lowest BCUT2D eigenvalue weighted by Crippen LogP contribution is -2.51. The topological polar surface area (TPSA) is 58.6 Å². The minimum Gasteiger partial charge on any atom is -0.484 e. The summed E-state index contributed by atoms with van der Waals surface area (Å²) in [6, 6.07) is 10.5. The molecule has 0 spiro atoms. The van der Waals surface area contributed by atoms with Crippen LogP contribution in [0.1, 0.15) is 50.3 Å². The molecule has 174 valence electrons. The zero-order valence-corrected chi connectivity index (χ0v) is 21.7. The van der Waals surface area contributed by atoms with E-state index in [4.69, 9.17) is 16.3 Å². The standard InChI is InChI=1S/C25H32BrClN2O3/c1-6-18(5)28-25(31)22(7-2)29(14-19-8-10-20(27)11-9-19)23(30)15-32-21-12-16(3)24(26)17(4)13-21/h8-13,18,22H,6-7,14-15H2,1-5H3,(H,28,31)/t18-,22+/m0/s1. The predicted molar refractivity (Wildman–Crippen MR) is 133 cm³/mol. The van der Waals surface area contributed by atoms with E-state index in [2.05, 4.69) is 21.2 Å². The minimum absolute atomic E-state index is 0.0361. The second kappa shape index (κ2) is 12.3. The maximum Gasteiger partial charge on any atom is 0.261 e. The summed E-state index contributed by atoms with van der Waals surface area (Å²) in [5.41, 5.74) is 2.96. The van der Waals surface area contributed by atoms with Gasteiger partial charge in [0, 0.05) is 22.1 Å². The Kier molecular flexibility index (Phi) is 10.0. The average Bonchev–Trinajstić information content (AvgIpc) is 2.76. The smallest absolute Gasteiger partial charge is 0.261 e. The molecular weight excluding hydrogens is 492 g/mol. The second-order valence-corrected chi connectivity index (χ2v) is 9.28. The minimum atomic E-state index is -0.593. The molecule has 7 heteroatoms. The number of benzene rings is 2. The number of ether oxygens (including phenoxy) is 1. The molecule has 0 aliphatic carbocycles. The predicted octanol–water partition coefficient (Wildman–Crippen LogP) is 5.82. The van der Waals surface area contributed by atoms with Crippen LogP contribution < -0.4 is 10.1 Å². The molecule has 0 fully saturated rings. The van der Waals surface area contributed by atoms with E-state index in [-0.39, 0.29) is 24.5 Å². The molecule has 2 aromatic carbocycles. The van der Waals surface area contributed by atoms with Crippen LogP contribution in [0.4, 0.5) is 0 Å². The third-order valence-corrected chi connectivity index (χ3v) is 6.93. The van der Waals surface area contributed by atoms with Crippen molar-refractivity contribution in [3.05, 3.63) is 62.6 Å². The van der Waals surface area contributed by atoms with Gasteiger partial charge in [-0.05, 0) is 74.6 Å². The van der Waals surface area contributed by atoms with Crippen LogP contribution in [-0.4, -0.2) is 35.4 Å². The summed E-state index contributed by atoms with van der Waals surface area (Å²) in [5.74, 6) is 0.226. The van der Waals surface area contributed by atoms with E-state index in [1.807, 2.05) is 58.9 Å². The highest BCUT2D eigenvalue weighted by molar-refractivity contribution is 9.10. The third-order valence-electron chi connectivity index (χ3n) is 5.43. The van der Waals surface area contributed by atoms with Crippen LogP contribution in [0, 0.1) is 13.8 Å². The highest BCUT2D eigenvalue weighted by atomic mass is 79.9. The van der Waals surface area contributed by atoms with E-state index in [9.17, 15) is 9.59 Å². The Balaban J connectivity index is 2.24. The number of carbonyl (C=O) groups excluding carboxylic acids is 2. The highest BCUT2D eigenvalue weighted by Crippen LogP contribution is 2.26. The Bertz CT molecular complexity index is 910. The van der Waals surface area contributed by atoms with Crippen LogP contribution in [0.15, 0.2) is 40.9 Å². The van der Waals surface area contributed by atoms with Gasteiger partial charge in [0.1, 0.15) is 11.8 Å². The number of halogens is 2. The summed E-state index contributed by atoms with van der Waals surface area (Å²) >= 11 is 9.55. The molecule has 1 N–H and O–H groups in total. The van der Waals surface area contributed by atoms with Crippen molar-refractivity contribution in [2.45, 2.75) is 66.1 Å². The molecule has 2 amide bonds. The summed E-state index contributed by atoms with van der Waals surface area (Å²) in [7, 11) is 0. The fourth-order valence-corrected chi connectivity index (χ4v) is 3.72. The van der Waals surface area contributed by atoms with Crippen molar-refractivity contribution in [1.29, 1.82) is 0 Å². The Morgan fingerprint density at radius 2 is 1.69 bits per heavy atom. The molecule has 0 saturated carbocycles. The van der Waals surface area contributed by atoms with E-state index in [1.165, 1.54) is 0 Å². The van der Waals surface area contributed by atoms with Crippen molar-refractivity contribution in [1.82, 2.24) is 10.2 Å². The van der Waals surface area contributed by atoms with E-state index >= 15 is 0 Å². The largest absolute Gasteiger partial charge is 0.484 e. The zero-order valence-electron chi connectivity index (χ0n) is 19.4. The number of aryl methyl sites for hydroxylation is 2. The highest BCUT2D eigenvalue weighted by Gasteiger charge is 2.29. The number of nitrogens with zero attached hydrogens (tertiary/aromatic N) is 1. The van der Waals surface area contributed by atoms with Crippen LogP contribution in [0.2, 0.25) is 5.02 Å². The van der Waals surface area contributed by atoms with Gasteiger partial charge >= 0.3 is 0 Å². The summed E-state index contributed by atoms with van der Waals surface area (Å²) in [5, 5.41) is 3.63. The van der Waals surface area contributed by atoms with Gasteiger partial charge < -0.3 is 15.0 Å². The Morgan fingerprint density at radius 3 is 2.22 bits per heavy atom. The first kappa shape index (κ1) is 26.2. The number of amides is 2. The molecule has 2 atom stereocenters. The maximum atomic E-state index is 13.3. The molecular formula is C25H32BrClN2O3. The lowest BCUT2D eigenvalue weighted by Gasteiger charge is -2.31. The average molecular weight is 524 g/mol. The fourth-order valence-electron chi connectivity index (χ4n) is 3.36. The number of hydrogen-bond acceptors (Lipinski definition) is 3. The number of rotatable bonds is 10. The molecule has 0 aromatic heterocycles. The van der Waals surface area contributed by atoms with Gasteiger partial charge in [-0.1, -0.05) is 53.5 Å². The molecule has 5 nitrogen and oxygen atoms in total. The van der Waals surface area contributed by atoms with Gasteiger partial charge in [0.25, 0.3) is 5.91 Å².